The Bertz CT molecular complexity index is 532. The standard InChI is InChI=1S/C10H9FO3S/c1-14-6-7-5-8-9(11)3-2-4-10(8)15(7,12)13/h2-5H,6H2,1H3. The summed E-state index contributed by atoms with van der Waals surface area (Å²) in [5.74, 6) is -0.526. The van der Waals surface area contributed by atoms with Crippen molar-refractivity contribution in [2.75, 3.05) is 13.7 Å². The summed E-state index contributed by atoms with van der Waals surface area (Å²) in [4.78, 5) is 0.125. The lowest BCUT2D eigenvalue weighted by atomic mass is 10.2. The summed E-state index contributed by atoms with van der Waals surface area (Å²) in [6.07, 6.45) is 1.32. The number of hydrogen-bond donors (Lipinski definition) is 0. The average molecular weight is 228 g/mol. The van der Waals surface area contributed by atoms with Gasteiger partial charge in [0.05, 0.1) is 16.4 Å². The molecular weight excluding hydrogens is 219 g/mol. The molecule has 2 rings (SSSR count). The Balaban J connectivity index is 2.64. The number of fused-ring (bicyclic) bond motifs is 1. The second-order valence-electron chi connectivity index (χ2n) is 3.20. The number of benzene rings is 1. The molecule has 1 aliphatic rings. The van der Waals surface area contributed by atoms with E-state index < -0.39 is 15.7 Å². The smallest absolute Gasteiger partial charge is 0.205 e. The molecule has 0 unspecified atom stereocenters. The zero-order chi connectivity index (χ0) is 11.1. The summed E-state index contributed by atoms with van der Waals surface area (Å²) in [5, 5.41) is 0. The minimum atomic E-state index is -3.53. The van der Waals surface area contributed by atoms with E-state index in [1.165, 1.54) is 31.4 Å². The summed E-state index contributed by atoms with van der Waals surface area (Å²) in [7, 11) is -2.14. The highest BCUT2D eigenvalue weighted by Gasteiger charge is 2.30. The summed E-state index contributed by atoms with van der Waals surface area (Å²) in [6.45, 7) is -0.0313. The molecule has 15 heavy (non-hydrogen) atoms. The Morgan fingerprint density at radius 2 is 2.13 bits per heavy atom. The number of ether oxygens (including phenoxy) is 1. The molecule has 1 heterocycles. The first-order chi connectivity index (χ1) is 7.07. The maximum Gasteiger partial charge on any atom is 0.205 e. The van der Waals surface area contributed by atoms with Crippen molar-refractivity contribution in [3.05, 3.63) is 34.5 Å². The summed E-state index contributed by atoms with van der Waals surface area (Å²) >= 11 is 0. The van der Waals surface area contributed by atoms with E-state index >= 15 is 0 Å². The van der Waals surface area contributed by atoms with Gasteiger partial charge in [-0.2, -0.15) is 0 Å². The van der Waals surface area contributed by atoms with Crippen molar-refractivity contribution < 1.29 is 17.5 Å². The lowest BCUT2D eigenvalue weighted by molar-refractivity contribution is 0.231. The van der Waals surface area contributed by atoms with Gasteiger partial charge < -0.3 is 4.74 Å². The van der Waals surface area contributed by atoms with Gasteiger partial charge in [-0.25, -0.2) is 12.8 Å². The van der Waals surface area contributed by atoms with E-state index in [0.717, 1.165) is 0 Å². The summed E-state index contributed by atoms with van der Waals surface area (Å²) in [5.41, 5.74) is 0.129. The van der Waals surface area contributed by atoms with Crippen LogP contribution in [0.3, 0.4) is 0 Å². The van der Waals surface area contributed by atoms with E-state index in [4.69, 9.17) is 4.74 Å². The van der Waals surface area contributed by atoms with Gasteiger partial charge in [0, 0.05) is 12.7 Å². The molecule has 0 fully saturated rings. The van der Waals surface area contributed by atoms with E-state index in [1.54, 1.807) is 0 Å². The predicted molar refractivity (Wildman–Crippen MR) is 53.4 cm³/mol. The van der Waals surface area contributed by atoms with Crippen LogP contribution in [0.25, 0.3) is 6.08 Å². The largest absolute Gasteiger partial charge is 0.379 e. The van der Waals surface area contributed by atoms with E-state index in [1.807, 2.05) is 0 Å². The fourth-order valence-electron chi connectivity index (χ4n) is 1.53. The predicted octanol–water partition coefficient (Wildman–Crippen LogP) is 1.60. The van der Waals surface area contributed by atoms with E-state index in [9.17, 15) is 12.8 Å². The van der Waals surface area contributed by atoms with Crippen LogP contribution in [0.4, 0.5) is 4.39 Å². The number of hydrogen-bond acceptors (Lipinski definition) is 3. The monoisotopic (exact) mass is 228 g/mol. The van der Waals surface area contributed by atoms with Crippen LogP contribution in [0.1, 0.15) is 5.56 Å². The van der Waals surface area contributed by atoms with Gasteiger partial charge in [-0.3, -0.25) is 0 Å². The lowest BCUT2D eigenvalue weighted by Gasteiger charge is -2.01. The maximum absolute atomic E-state index is 13.3. The molecule has 1 aromatic rings. The van der Waals surface area contributed by atoms with Crippen molar-refractivity contribution in [1.29, 1.82) is 0 Å². The molecule has 0 radical (unpaired) electrons. The fraction of sp³-hybridized carbons (Fsp3) is 0.200. The molecule has 0 saturated heterocycles. The minimum absolute atomic E-state index is 0.0227. The fourth-order valence-corrected chi connectivity index (χ4v) is 3.07. The number of sulfone groups is 1. The van der Waals surface area contributed by atoms with Gasteiger partial charge >= 0.3 is 0 Å². The third-order valence-electron chi connectivity index (χ3n) is 2.24. The van der Waals surface area contributed by atoms with Gasteiger partial charge in [0.15, 0.2) is 0 Å². The molecule has 0 saturated carbocycles. The van der Waals surface area contributed by atoms with E-state index in [0.29, 0.717) is 0 Å². The van der Waals surface area contributed by atoms with Crippen molar-refractivity contribution in [3.8, 4) is 0 Å². The van der Waals surface area contributed by atoms with Gasteiger partial charge in [0.25, 0.3) is 0 Å². The molecule has 5 heteroatoms. The SMILES string of the molecule is COCC1=Cc2c(F)cccc2S1(=O)=O. The molecule has 3 nitrogen and oxygen atoms in total. The van der Waals surface area contributed by atoms with Crippen LogP contribution < -0.4 is 0 Å². The second kappa shape index (κ2) is 3.43. The molecule has 0 bridgehead atoms. The topological polar surface area (TPSA) is 43.4 Å². The Morgan fingerprint density at radius 3 is 2.73 bits per heavy atom. The minimum Gasteiger partial charge on any atom is -0.379 e. The van der Waals surface area contributed by atoms with Crippen LogP contribution in [0, 0.1) is 5.82 Å². The third-order valence-corrected chi connectivity index (χ3v) is 4.10. The van der Waals surface area contributed by atoms with Crippen LogP contribution in [-0.2, 0) is 14.6 Å². The van der Waals surface area contributed by atoms with Crippen LogP contribution in [0.15, 0.2) is 28.0 Å². The quantitative estimate of drug-likeness (QED) is 0.772. The molecule has 0 atom stereocenters. The molecule has 1 aromatic carbocycles. The first-order valence-electron chi connectivity index (χ1n) is 4.30. The summed E-state index contributed by atoms with van der Waals surface area (Å²) in [6, 6.07) is 4.02. The van der Waals surface area contributed by atoms with E-state index in [-0.39, 0.29) is 22.0 Å². The molecule has 0 amide bonds. The van der Waals surface area contributed by atoms with Crippen molar-refractivity contribution >= 4 is 15.9 Å². The maximum atomic E-state index is 13.3. The van der Waals surface area contributed by atoms with Crippen LogP contribution in [0.2, 0.25) is 0 Å². The summed E-state index contributed by atoms with van der Waals surface area (Å²) < 4.78 is 41.7. The highest BCUT2D eigenvalue weighted by atomic mass is 32.2. The van der Waals surface area contributed by atoms with Gasteiger partial charge in [0.1, 0.15) is 5.82 Å². The lowest BCUT2D eigenvalue weighted by Crippen LogP contribution is -2.05. The molecule has 1 aliphatic heterocycles. The average Bonchev–Trinajstić information content (AvgIpc) is 2.43. The highest BCUT2D eigenvalue weighted by molar-refractivity contribution is 7.95. The molecule has 0 spiro atoms. The van der Waals surface area contributed by atoms with Gasteiger partial charge in [0.2, 0.25) is 9.84 Å². The molecule has 0 aromatic heterocycles. The second-order valence-corrected chi connectivity index (χ2v) is 5.17. The molecule has 0 aliphatic carbocycles. The highest BCUT2D eigenvalue weighted by Crippen LogP contribution is 2.33. The normalized spacial score (nSPS) is 17.3. The zero-order valence-corrected chi connectivity index (χ0v) is 8.84. The van der Waals surface area contributed by atoms with Crippen molar-refractivity contribution in [3.63, 3.8) is 0 Å². The number of halogens is 1. The van der Waals surface area contributed by atoms with Crippen molar-refractivity contribution in [2.45, 2.75) is 4.90 Å². The molecule has 0 N–H and O–H groups in total. The van der Waals surface area contributed by atoms with Gasteiger partial charge in [-0.1, -0.05) is 6.07 Å². The van der Waals surface area contributed by atoms with Crippen molar-refractivity contribution in [1.82, 2.24) is 0 Å². The number of methoxy groups -OCH3 is 1. The van der Waals surface area contributed by atoms with Crippen LogP contribution >= 0.6 is 0 Å². The number of rotatable bonds is 2. The van der Waals surface area contributed by atoms with Crippen LogP contribution in [-0.4, -0.2) is 22.1 Å². The zero-order valence-electron chi connectivity index (χ0n) is 8.03. The first-order valence-corrected chi connectivity index (χ1v) is 5.79. The Kier molecular flexibility index (Phi) is 2.36. The van der Waals surface area contributed by atoms with Crippen molar-refractivity contribution in [2.24, 2.45) is 0 Å². The van der Waals surface area contributed by atoms with E-state index in [2.05, 4.69) is 0 Å². The van der Waals surface area contributed by atoms with Crippen LogP contribution in [0.5, 0.6) is 0 Å². The third kappa shape index (κ3) is 1.48. The Morgan fingerprint density at radius 1 is 1.40 bits per heavy atom. The molecular formula is C10H9FO3S. The van der Waals surface area contributed by atoms with Gasteiger partial charge in [-0.15, -0.1) is 0 Å². The Labute approximate surface area is 87.1 Å². The first kappa shape index (κ1) is 10.3. The Hall–Kier alpha value is -1.20. The molecule has 80 valence electrons. The van der Waals surface area contributed by atoms with Gasteiger partial charge in [-0.05, 0) is 18.2 Å².